The Morgan fingerprint density at radius 2 is 1.83 bits per heavy atom. The summed E-state index contributed by atoms with van der Waals surface area (Å²) in [6.45, 7) is 0. The minimum absolute atomic E-state index is 0.240. The minimum atomic E-state index is -1.51. The van der Waals surface area contributed by atoms with E-state index in [1.165, 1.54) is 6.08 Å². The summed E-state index contributed by atoms with van der Waals surface area (Å²) in [6, 6.07) is 21.0. The quantitative estimate of drug-likeness (QED) is 0.194. The van der Waals surface area contributed by atoms with Crippen molar-refractivity contribution in [3.8, 4) is 6.07 Å². The number of carbonyl (C=O) groups is 1. The lowest BCUT2D eigenvalue weighted by Crippen LogP contribution is -2.16. The first-order chi connectivity index (χ1) is 17.5. The van der Waals surface area contributed by atoms with Crippen LogP contribution in [0, 0.1) is 17.2 Å². The highest BCUT2D eigenvalue weighted by Crippen LogP contribution is 2.48. The number of nitrogens with one attached hydrogen (secondary N) is 2. The van der Waals surface area contributed by atoms with Gasteiger partial charge in [0.25, 0.3) is 0 Å². The molecule has 0 spiro atoms. The smallest absolute Gasteiger partial charge is 0.328 e. The van der Waals surface area contributed by atoms with Crippen molar-refractivity contribution < 1.29 is 14.3 Å². The van der Waals surface area contributed by atoms with Gasteiger partial charge in [0.15, 0.2) is 6.30 Å². The van der Waals surface area contributed by atoms with Gasteiger partial charge in [0.1, 0.15) is 6.07 Å². The van der Waals surface area contributed by atoms with Crippen LogP contribution in [-0.4, -0.2) is 11.1 Å². The van der Waals surface area contributed by atoms with Crippen LogP contribution >= 0.6 is 11.6 Å². The van der Waals surface area contributed by atoms with Gasteiger partial charge in [0.05, 0.1) is 11.3 Å². The van der Waals surface area contributed by atoms with Crippen molar-refractivity contribution in [2.75, 3.05) is 5.43 Å². The number of alkyl halides is 1. The predicted molar refractivity (Wildman–Crippen MR) is 140 cm³/mol. The molecule has 0 saturated heterocycles. The molecule has 3 N–H and O–H groups in total. The SMILES string of the molecule is N#Cc1c(/C(=C(/c2ccccc2Cl)C2CCC2)c2ccc(/C=C/C(=O)O)cc2)ccc2c1C(F)NN2. The second-order valence-corrected chi connectivity index (χ2v) is 9.29. The Hall–Kier alpha value is -3.92. The van der Waals surface area contributed by atoms with E-state index in [0.717, 1.165) is 53.2 Å². The number of nitriles is 1. The number of anilines is 1. The average Bonchev–Trinajstić information content (AvgIpc) is 3.23. The molecule has 7 heteroatoms. The van der Waals surface area contributed by atoms with E-state index in [1.54, 1.807) is 6.07 Å². The molecular weight excluding hydrogens is 477 g/mol. The summed E-state index contributed by atoms with van der Waals surface area (Å²) in [5.41, 5.74) is 11.4. The van der Waals surface area contributed by atoms with Crippen LogP contribution in [0.2, 0.25) is 5.02 Å². The van der Waals surface area contributed by atoms with Crippen molar-refractivity contribution in [1.82, 2.24) is 5.43 Å². The van der Waals surface area contributed by atoms with Crippen molar-refractivity contribution in [3.63, 3.8) is 0 Å². The fourth-order valence-corrected chi connectivity index (χ4v) is 5.09. The number of benzene rings is 3. The van der Waals surface area contributed by atoms with Gasteiger partial charge in [0.2, 0.25) is 0 Å². The van der Waals surface area contributed by atoms with Crippen LogP contribution in [-0.2, 0) is 4.79 Å². The van der Waals surface area contributed by atoms with E-state index in [9.17, 15) is 14.4 Å². The topological polar surface area (TPSA) is 85.2 Å². The molecule has 0 radical (unpaired) electrons. The summed E-state index contributed by atoms with van der Waals surface area (Å²) in [5, 5.41) is 19.8. The van der Waals surface area contributed by atoms with Crippen LogP contribution in [0.5, 0.6) is 0 Å². The highest BCUT2D eigenvalue weighted by molar-refractivity contribution is 6.32. The lowest BCUT2D eigenvalue weighted by atomic mass is 9.72. The molecule has 5 nitrogen and oxygen atoms in total. The van der Waals surface area contributed by atoms with Crippen LogP contribution in [0.4, 0.5) is 10.1 Å². The molecule has 1 aliphatic heterocycles. The van der Waals surface area contributed by atoms with Crippen molar-refractivity contribution in [2.24, 2.45) is 5.92 Å². The molecule has 1 fully saturated rings. The van der Waals surface area contributed by atoms with Crippen molar-refractivity contribution >= 4 is 40.5 Å². The third-order valence-electron chi connectivity index (χ3n) is 6.78. The number of halogens is 2. The van der Waals surface area contributed by atoms with E-state index < -0.39 is 12.3 Å². The summed E-state index contributed by atoms with van der Waals surface area (Å²) >= 11 is 6.71. The molecule has 0 bridgehead atoms. The van der Waals surface area contributed by atoms with E-state index in [2.05, 4.69) is 16.9 Å². The number of nitrogens with zero attached hydrogens (tertiary/aromatic N) is 1. The first-order valence-electron chi connectivity index (χ1n) is 11.7. The number of carboxylic acid groups (broad SMARTS) is 1. The number of rotatable bonds is 6. The van der Waals surface area contributed by atoms with E-state index in [0.29, 0.717) is 21.8 Å². The molecule has 3 aromatic carbocycles. The lowest BCUT2D eigenvalue weighted by Gasteiger charge is -2.32. The molecule has 2 aliphatic rings. The lowest BCUT2D eigenvalue weighted by molar-refractivity contribution is -0.131. The van der Waals surface area contributed by atoms with E-state index in [-0.39, 0.29) is 11.5 Å². The average molecular weight is 500 g/mol. The van der Waals surface area contributed by atoms with Crippen molar-refractivity contribution in [2.45, 2.75) is 25.6 Å². The summed E-state index contributed by atoms with van der Waals surface area (Å²) in [6.07, 6.45) is 4.19. The van der Waals surface area contributed by atoms with Gasteiger partial charge in [-0.1, -0.05) is 66.6 Å². The Balaban J connectivity index is 1.80. The van der Waals surface area contributed by atoms with Crippen LogP contribution < -0.4 is 10.9 Å². The number of fused-ring (bicyclic) bond motifs is 1. The van der Waals surface area contributed by atoms with Crippen molar-refractivity contribution in [3.05, 3.63) is 105 Å². The van der Waals surface area contributed by atoms with Gasteiger partial charge in [0, 0.05) is 22.2 Å². The molecule has 1 saturated carbocycles. The molecule has 0 aromatic heterocycles. The van der Waals surface area contributed by atoms with Crippen molar-refractivity contribution in [1.29, 1.82) is 5.26 Å². The molecule has 180 valence electrons. The van der Waals surface area contributed by atoms with Gasteiger partial charge >= 0.3 is 5.97 Å². The highest BCUT2D eigenvalue weighted by atomic mass is 35.5. The zero-order valence-electron chi connectivity index (χ0n) is 19.3. The maximum absolute atomic E-state index is 14.8. The Morgan fingerprint density at radius 3 is 2.47 bits per heavy atom. The molecule has 1 atom stereocenters. The standard InChI is InChI=1S/C29H23ClFN3O2/c30-23-7-2-1-6-21(23)27(18-4-3-5-18)26(19-11-8-17(9-12-19)10-15-25(35)36)20-13-14-24-28(22(20)16-32)29(31)34-33-24/h1-2,6-15,18,29,33-34H,3-5H2,(H,35,36)/b15-10+,27-26+. The van der Waals surface area contributed by atoms with E-state index >= 15 is 0 Å². The minimum Gasteiger partial charge on any atom is -0.478 e. The zero-order chi connectivity index (χ0) is 25.2. The number of hydrogen-bond acceptors (Lipinski definition) is 4. The third-order valence-corrected chi connectivity index (χ3v) is 7.11. The van der Waals surface area contributed by atoms with Gasteiger partial charge in [-0.05, 0) is 64.8 Å². The summed E-state index contributed by atoms with van der Waals surface area (Å²) in [5.74, 6) is -0.783. The van der Waals surface area contributed by atoms with E-state index in [4.69, 9.17) is 16.7 Å². The monoisotopic (exact) mass is 499 g/mol. The first kappa shape index (κ1) is 23.8. The highest BCUT2D eigenvalue weighted by Gasteiger charge is 2.32. The molecule has 3 aromatic rings. The van der Waals surface area contributed by atoms with E-state index in [1.807, 2.05) is 54.6 Å². The third kappa shape index (κ3) is 4.39. The van der Waals surface area contributed by atoms with Crippen LogP contribution in [0.15, 0.2) is 66.7 Å². The number of hydrazine groups is 1. The molecule has 36 heavy (non-hydrogen) atoms. The number of carboxylic acids is 1. The Bertz CT molecular complexity index is 1440. The normalized spacial score (nSPS) is 17.6. The van der Waals surface area contributed by atoms with Crippen LogP contribution in [0.3, 0.4) is 0 Å². The van der Waals surface area contributed by atoms with Crippen LogP contribution in [0.1, 0.15) is 58.9 Å². The van der Waals surface area contributed by atoms with Gasteiger partial charge < -0.3 is 10.5 Å². The fourth-order valence-electron chi connectivity index (χ4n) is 4.85. The predicted octanol–water partition coefficient (Wildman–Crippen LogP) is 6.97. The molecular formula is C29H23ClFN3O2. The van der Waals surface area contributed by atoms with Gasteiger partial charge in [-0.25, -0.2) is 14.6 Å². The van der Waals surface area contributed by atoms with Gasteiger partial charge in [-0.2, -0.15) is 5.26 Å². The molecule has 5 rings (SSSR count). The second-order valence-electron chi connectivity index (χ2n) is 8.88. The zero-order valence-corrected chi connectivity index (χ0v) is 20.0. The molecule has 1 unspecified atom stereocenters. The Morgan fingerprint density at radius 1 is 1.08 bits per heavy atom. The summed E-state index contributed by atoms with van der Waals surface area (Å²) < 4.78 is 14.8. The molecule has 0 amide bonds. The molecule has 1 heterocycles. The number of hydrogen-bond donors (Lipinski definition) is 3. The second kappa shape index (κ2) is 9.98. The maximum atomic E-state index is 14.8. The van der Waals surface area contributed by atoms with Gasteiger partial charge in [-0.15, -0.1) is 0 Å². The Kier molecular flexibility index (Phi) is 6.60. The van der Waals surface area contributed by atoms with Crippen LogP contribution in [0.25, 0.3) is 17.2 Å². The fraction of sp³-hybridized carbons (Fsp3) is 0.172. The Labute approximate surface area is 213 Å². The number of aliphatic carboxylic acids is 1. The maximum Gasteiger partial charge on any atom is 0.328 e. The largest absolute Gasteiger partial charge is 0.478 e. The van der Waals surface area contributed by atoms with Gasteiger partial charge in [-0.3, -0.25) is 0 Å². The molecule has 1 aliphatic carbocycles. The summed E-state index contributed by atoms with van der Waals surface area (Å²) in [4.78, 5) is 10.9. The first-order valence-corrected chi connectivity index (χ1v) is 12.1. The number of allylic oxidation sites excluding steroid dienone is 1. The summed E-state index contributed by atoms with van der Waals surface area (Å²) in [7, 11) is 0.